The van der Waals surface area contributed by atoms with E-state index in [9.17, 15) is 9.18 Å². The molecule has 164 valence electrons. The van der Waals surface area contributed by atoms with Crippen LogP contribution in [-0.2, 0) is 4.79 Å². The maximum Gasteiger partial charge on any atom is 0.257 e. The van der Waals surface area contributed by atoms with Crippen molar-refractivity contribution in [3.63, 3.8) is 0 Å². The van der Waals surface area contributed by atoms with E-state index in [0.29, 0.717) is 13.0 Å². The van der Waals surface area contributed by atoms with Crippen molar-refractivity contribution in [3.8, 4) is 0 Å². The predicted molar refractivity (Wildman–Crippen MR) is 122 cm³/mol. The lowest BCUT2D eigenvalue weighted by Gasteiger charge is -2.34. The summed E-state index contributed by atoms with van der Waals surface area (Å²) in [7, 11) is 0. The van der Waals surface area contributed by atoms with Crippen LogP contribution in [0.2, 0.25) is 0 Å². The van der Waals surface area contributed by atoms with Crippen molar-refractivity contribution in [2.24, 2.45) is 5.10 Å². The molecule has 1 saturated heterocycles. The van der Waals surface area contributed by atoms with E-state index in [2.05, 4.69) is 48.8 Å². The van der Waals surface area contributed by atoms with Crippen molar-refractivity contribution in [1.82, 2.24) is 14.8 Å². The Balaban J connectivity index is 1.59. The van der Waals surface area contributed by atoms with Gasteiger partial charge in [0.25, 0.3) is 5.91 Å². The zero-order chi connectivity index (χ0) is 22.0. The van der Waals surface area contributed by atoms with Crippen LogP contribution in [0.4, 0.5) is 4.39 Å². The van der Waals surface area contributed by atoms with Crippen molar-refractivity contribution in [2.45, 2.75) is 33.2 Å². The summed E-state index contributed by atoms with van der Waals surface area (Å²) in [6.07, 6.45) is 0.630. The molecule has 0 spiro atoms. The summed E-state index contributed by atoms with van der Waals surface area (Å²) in [6.45, 7) is 11.5. The van der Waals surface area contributed by atoms with E-state index in [1.54, 1.807) is 17.1 Å². The van der Waals surface area contributed by atoms with Gasteiger partial charge in [0.15, 0.2) is 0 Å². The van der Waals surface area contributed by atoms with Gasteiger partial charge in [0.1, 0.15) is 5.82 Å². The molecule has 2 aromatic rings. The molecule has 5 nitrogen and oxygen atoms in total. The number of halogens is 1. The molecular formula is C25H31FN4O. The average molecular weight is 423 g/mol. The van der Waals surface area contributed by atoms with E-state index < -0.39 is 0 Å². The molecule has 0 saturated carbocycles. The molecule has 2 aliphatic heterocycles. The Morgan fingerprint density at radius 1 is 1.03 bits per heavy atom. The molecule has 0 aliphatic carbocycles. The molecule has 31 heavy (non-hydrogen) atoms. The molecule has 1 atom stereocenters. The summed E-state index contributed by atoms with van der Waals surface area (Å²) in [5, 5.41) is 6.43. The SMILES string of the molecule is CCN1CCN(CC(=O)N2N=C(c3ccc(F)cc3)C[C@H]2c2cc(C)ccc2C)CC1. The quantitative estimate of drug-likeness (QED) is 0.737. The van der Waals surface area contributed by atoms with Crippen LogP contribution in [-0.4, -0.2) is 65.7 Å². The van der Waals surface area contributed by atoms with Crippen LogP contribution in [0.5, 0.6) is 0 Å². The van der Waals surface area contributed by atoms with Gasteiger partial charge in [-0.2, -0.15) is 5.10 Å². The minimum Gasteiger partial charge on any atom is -0.301 e. The van der Waals surface area contributed by atoms with E-state index in [0.717, 1.165) is 55.1 Å². The normalized spacial score (nSPS) is 20.2. The Morgan fingerprint density at radius 2 is 1.71 bits per heavy atom. The second-order valence-corrected chi connectivity index (χ2v) is 8.58. The van der Waals surface area contributed by atoms with Crippen molar-refractivity contribution < 1.29 is 9.18 Å². The molecule has 1 amide bonds. The molecule has 2 heterocycles. The topological polar surface area (TPSA) is 39.1 Å². The van der Waals surface area contributed by atoms with Crippen molar-refractivity contribution in [3.05, 3.63) is 70.5 Å². The van der Waals surface area contributed by atoms with Gasteiger partial charge in [-0.15, -0.1) is 0 Å². The molecular weight excluding hydrogens is 391 g/mol. The third-order valence-electron chi connectivity index (χ3n) is 6.41. The number of hydrazone groups is 1. The fraction of sp³-hybridized carbons (Fsp3) is 0.440. The molecule has 2 aliphatic rings. The van der Waals surface area contributed by atoms with Crippen molar-refractivity contribution >= 4 is 11.6 Å². The Kier molecular flexibility index (Phi) is 6.49. The molecule has 0 unspecified atom stereocenters. The van der Waals surface area contributed by atoms with E-state index in [1.807, 2.05) is 0 Å². The summed E-state index contributed by atoms with van der Waals surface area (Å²) in [4.78, 5) is 18.0. The summed E-state index contributed by atoms with van der Waals surface area (Å²) in [5.74, 6) is -0.249. The molecule has 4 rings (SSSR count). The van der Waals surface area contributed by atoms with Crippen LogP contribution in [0.3, 0.4) is 0 Å². The van der Waals surface area contributed by atoms with Gasteiger partial charge in [-0.3, -0.25) is 9.69 Å². The number of piperazine rings is 1. The highest BCUT2D eigenvalue weighted by atomic mass is 19.1. The molecule has 0 bridgehead atoms. The lowest BCUT2D eigenvalue weighted by molar-refractivity contribution is -0.134. The number of aryl methyl sites for hydroxylation is 2. The lowest BCUT2D eigenvalue weighted by atomic mass is 9.94. The molecule has 2 aromatic carbocycles. The number of likely N-dealkylation sites (N-methyl/N-ethyl adjacent to an activating group) is 1. The number of hydrogen-bond acceptors (Lipinski definition) is 4. The van der Waals surface area contributed by atoms with Crippen LogP contribution < -0.4 is 0 Å². The van der Waals surface area contributed by atoms with Gasteiger partial charge < -0.3 is 4.90 Å². The Bertz CT molecular complexity index is 964. The number of carbonyl (C=O) groups excluding carboxylic acids is 1. The fourth-order valence-corrected chi connectivity index (χ4v) is 4.45. The van der Waals surface area contributed by atoms with Crippen molar-refractivity contribution in [1.29, 1.82) is 0 Å². The number of amides is 1. The third kappa shape index (κ3) is 4.86. The van der Waals surface area contributed by atoms with Crippen LogP contribution in [0, 0.1) is 19.7 Å². The second kappa shape index (κ2) is 9.28. The standard InChI is InChI=1S/C25H31FN4O/c1-4-28-11-13-29(14-12-28)17-25(31)30-24(22-15-18(2)5-6-19(22)3)16-23(27-30)20-7-9-21(26)10-8-20/h5-10,15,24H,4,11-14,16-17H2,1-3H3/t24-/m0/s1. The van der Waals surface area contributed by atoms with E-state index in [1.165, 1.54) is 17.7 Å². The molecule has 0 N–H and O–H groups in total. The van der Waals surface area contributed by atoms with Crippen LogP contribution in [0.1, 0.15) is 41.6 Å². The first kappa shape index (κ1) is 21.7. The van der Waals surface area contributed by atoms with Gasteiger partial charge in [-0.05, 0) is 49.2 Å². The molecule has 0 aromatic heterocycles. The smallest absolute Gasteiger partial charge is 0.257 e. The highest BCUT2D eigenvalue weighted by molar-refractivity contribution is 6.03. The first-order valence-corrected chi connectivity index (χ1v) is 11.1. The third-order valence-corrected chi connectivity index (χ3v) is 6.41. The maximum atomic E-state index is 13.4. The molecule has 6 heteroatoms. The average Bonchev–Trinajstić information content (AvgIpc) is 3.22. The second-order valence-electron chi connectivity index (χ2n) is 8.58. The molecule has 0 radical (unpaired) electrons. The summed E-state index contributed by atoms with van der Waals surface area (Å²) in [5.41, 5.74) is 5.14. The number of benzene rings is 2. The number of nitrogens with zero attached hydrogens (tertiary/aromatic N) is 4. The van der Waals surface area contributed by atoms with Gasteiger partial charge in [0.2, 0.25) is 0 Å². The highest BCUT2D eigenvalue weighted by Gasteiger charge is 2.34. The fourth-order valence-electron chi connectivity index (χ4n) is 4.45. The Morgan fingerprint density at radius 3 is 2.39 bits per heavy atom. The highest BCUT2D eigenvalue weighted by Crippen LogP contribution is 2.35. The first-order valence-electron chi connectivity index (χ1n) is 11.1. The first-order chi connectivity index (χ1) is 14.9. The van der Waals surface area contributed by atoms with Crippen LogP contribution in [0.15, 0.2) is 47.6 Å². The monoisotopic (exact) mass is 422 g/mol. The van der Waals surface area contributed by atoms with Crippen LogP contribution in [0.25, 0.3) is 0 Å². The van der Waals surface area contributed by atoms with E-state index in [-0.39, 0.29) is 17.8 Å². The van der Waals surface area contributed by atoms with Gasteiger partial charge >= 0.3 is 0 Å². The summed E-state index contributed by atoms with van der Waals surface area (Å²) < 4.78 is 13.4. The van der Waals surface area contributed by atoms with E-state index >= 15 is 0 Å². The van der Waals surface area contributed by atoms with Gasteiger partial charge in [0, 0.05) is 32.6 Å². The van der Waals surface area contributed by atoms with Gasteiger partial charge in [-0.1, -0.05) is 42.8 Å². The number of hydrogen-bond donors (Lipinski definition) is 0. The van der Waals surface area contributed by atoms with Crippen molar-refractivity contribution in [2.75, 3.05) is 39.3 Å². The summed E-state index contributed by atoms with van der Waals surface area (Å²) >= 11 is 0. The minimum atomic E-state index is -0.271. The van der Waals surface area contributed by atoms with E-state index in [4.69, 9.17) is 5.10 Å². The summed E-state index contributed by atoms with van der Waals surface area (Å²) in [6, 6.07) is 12.6. The van der Waals surface area contributed by atoms with Gasteiger partial charge in [-0.25, -0.2) is 9.40 Å². The van der Waals surface area contributed by atoms with Gasteiger partial charge in [0.05, 0.1) is 18.3 Å². The Hall–Kier alpha value is -2.57. The van der Waals surface area contributed by atoms with Crippen LogP contribution >= 0.6 is 0 Å². The number of rotatable bonds is 5. The lowest BCUT2D eigenvalue weighted by Crippen LogP contribution is -2.49. The zero-order valence-corrected chi connectivity index (χ0v) is 18.6. The Labute approximate surface area is 184 Å². The minimum absolute atomic E-state index is 0.0213. The largest absolute Gasteiger partial charge is 0.301 e. The number of carbonyl (C=O) groups is 1. The maximum absolute atomic E-state index is 13.4. The zero-order valence-electron chi connectivity index (χ0n) is 18.6. The molecule has 1 fully saturated rings. The predicted octanol–water partition coefficient (Wildman–Crippen LogP) is 3.76.